The van der Waals surface area contributed by atoms with E-state index in [2.05, 4.69) is 4.90 Å². The Bertz CT molecular complexity index is 356. The molecule has 2 rings (SSSR count). The van der Waals surface area contributed by atoms with Gasteiger partial charge in [0.2, 0.25) is 0 Å². The number of rotatable bonds is 2. The molecule has 1 saturated heterocycles. The largest absolute Gasteiger partial charge is 0.497 e. The molecule has 1 aliphatic rings. The van der Waals surface area contributed by atoms with E-state index in [-0.39, 0.29) is 6.04 Å². The molecule has 1 unspecified atom stereocenters. The highest BCUT2D eigenvalue weighted by Crippen LogP contribution is 2.31. The number of hydrogen-bond acceptors (Lipinski definition) is 3. The van der Waals surface area contributed by atoms with E-state index in [0.29, 0.717) is 0 Å². The molecule has 1 heterocycles. The minimum Gasteiger partial charge on any atom is -0.497 e. The summed E-state index contributed by atoms with van der Waals surface area (Å²) in [6.07, 6.45) is 1.03. The summed E-state index contributed by atoms with van der Waals surface area (Å²) in [6.45, 7) is 1.86. The van der Waals surface area contributed by atoms with Crippen LogP contribution in [0.4, 0.5) is 5.69 Å². The van der Waals surface area contributed by atoms with Gasteiger partial charge in [-0.2, -0.15) is 0 Å². The Morgan fingerprint density at radius 1 is 1.53 bits per heavy atom. The highest BCUT2D eigenvalue weighted by atomic mass is 35.5. The summed E-state index contributed by atoms with van der Waals surface area (Å²) in [5, 5.41) is 0.725. The molecule has 1 aromatic rings. The Balaban J connectivity index is 2.21. The van der Waals surface area contributed by atoms with Crippen molar-refractivity contribution in [3.8, 4) is 5.75 Å². The van der Waals surface area contributed by atoms with Crippen LogP contribution in [-0.2, 0) is 0 Å². The quantitative estimate of drug-likeness (QED) is 0.837. The molecule has 3 nitrogen and oxygen atoms in total. The predicted molar refractivity (Wildman–Crippen MR) is 62.8 cm³/mol. The fraction of sp³-hybridized carbons (Fsp3) is 0.455. The average Bonchev–Trinajstić information content (AvgIpc) is 2.64. The van der Waals surface area contributed by atoms with Gasteiger partial charge in [-0.3, -0.25) is 0 Å². The molecule has 82 valence electrons. The number of hydrogen-bond donors (Lipinski definition) is 1. The van der Waals surface area contributed by atoms with E-state index < -0.39 is 0 Å². The average molecular weight is 227 g/mol. The van der Waals surface area contributed by atoms with Gasteiger partial charge < -0.3 is 15.4 Å². The summed E-state index contributed by atoms with van der Waals surface area (Å²) in [6, 6.07) is 6.01. The fourth-order valence-corrected chi connectivity index (χ4v) is 2.17. The third-order valence-corrected chi connectivity index (χ3v) is 3.02. The van der Waals surface area contributed by atoms with Crippen LogP contribution in [0, 0.1) is 0 Å². The minimum absolute atomic E-state index is 0.267. The van der Waals surface area contributed by atoms with Crippen LogP contribution in [-0.4, -0.2) is 26.2 Å². The van der Waals surface area contributed by atoms with E-state index >= 15 is 0 Å². The summed E-state index contributed by atoms with van der Waals surface area (Å²) in [5.74, 6) is 0.784. The Morgan fingerprint density at radius 2 is 2.33 bits per heavy atom. The zero-order valence-corrected chi connectivity index (χ0v) is 9.50. The summed E-state index contributed by atoms with van der Waals surface area (Å²) in [7, 11) is 1.64. The van der Waals surface area contributed by atoms with Crippen LogP contribution >= 0.6 is 11.6 Å². The van der Waals surface area contributed by atoms with Crippen LogP contribution < -0.4 is 15.4 Å². The first-order valence-electron chi connectivity index (χ1n) is 5.05. The molecule has 0 aliphatic carbocycles. The number of nitrogens with zero attached hydrogens (tertiary/aromatic N) is 1. The lowest BCUT2D eigenvalue weighted by molar-refractivity contribution is 0.415. The number of halogens is 1. The van der Waals surface area contributed by atoms with Gasteiger partial charge in [-0.05, 0) is 18.6 Å². The SMILES string of the molecule is COc1ccc(N2CCC(N)C2)c(Cl)c1. The minimum atomic E-state index is 0.267. The number of nitrogens with two attached hydrogens (primary N) is 1. The van der Waals surface area contributed by atoms with Gasteiger partial charge in [-0.1, -0.05) is 11.6 Å². The monoisotopic (exact) mass is 226 g/mol. The first kappa shape index (κ1) is 10.6. The molecule has 4 heteroatoms. The molecule has 0 saturated carbocycles. The first-order valence-corrected chi connectivity index (χ1v) is 5.42. The Hall–Kier alpha value is -0.930. The Morgan fingerprint density at radius 3 is 2.87 bits per heavy atom. The summed E-state index contributed by atoms with van der Waals surface area (Å²) >= 11 is 6.17. The molecule has 1 aliphatic heterocycles. The zero-order chi connectivity index (χ0) is 10.8. The van der Waals surface area contributed by atoms with Gasteiger partial charge in [-0.25, -0.2) is 0 Å². The topological polar surface area (TPSA) is 38.5 Å². The van der Waals surface area contributed by atoms with Crippen molar-refractivity contribution in [3.63, 3.8) is 0 Å². The molecule has 1 fully saturated rings. The van der Waals surface area contributed by atoms with Crippen molar-refractivity contribution in [1.29, 1.82) is 0 Å². The second-order valence-corrected chi connectivity index (χ2v) is 4.22. The molecular weight excluding hydrogens is 212 g/mol. The third kappa shape index (κ3) is 2.19. The lowest BCUT2D eigenvalue weighted by Gasteiger charge is -2.19. The van der Waals surface area contributed by atoms with E-state index in [9.17, 15) is 0 Å². The van der Waals surface area contributed by atoms with Crippen molar-refractivity contribution in [1.82, 2.24) is 0 Å². The van der Waals surface area contributed by atoms with Crippen molar-refractivity contribution >= 4 is 17.3 Å². The molecule has 0 bridgehead atoms. The fourth-order valence-electron chi connectivity index (χ4n) is 1.88. The molecule has 0 spiro atoms. The summed E-state index contributed by atoms with van der Waals surface area (Å²) < 4.78 is 5.11. The van der Waals surface area contributed by atoms with Crippen molar-refractivity contribution in [2.24, 2.45) is 5.73 Å². The maximum atomic E-state index is 6.17. The number of anilines is 1. The lowest BCUT2D eigenvalue weighted by atomic mass is 10.3. The second-order valence-electron chi connectivity index (χ2n) is 3.81. The van der Waals surface area contributed by atoms with Crippen LogP contribution in [0.15, 0.2) is 18.2 Å². The molecule has 0 aromatic heterocycles. The standard InChI is InChI=1S/C11H15ClN2O/c1-15-9-2-3-11(10(12)6-9)14-5-4-8(13)7-14/h2-3,6,8H,4-5,7,13H2,1H3. The zero-order valence-electron chi connectivity index (χ0n) is 8.74. The highest BCUT2D eigenvalue weighted by Gasteiger charge is 2.21. The normalized spacial score (nSPS) is 20.7. The maximum Gasteiger partial charge on any atom is 0.120 e. The summed E-state index contributed by atoms with van der Waals surface area (Å²) in [5.41, 5.74) is 6.91. The van der Waals surface area contributed by atoms with E-state index in [1.807, 2.05) is 18.2 Å². The highest BCUT2D eigenvalue weighted by molar-refractivity contribution is 6.33. The molecular formula is C11H15ClN2O. The molecule has 0 radical (unpaired) electrons. The van der Waals surface area contributed by atoms with Crippen molar-refractivity contribution < 1.29 is 4.74 Å². The Labute approximate surface area is 94.8 Å². The molecule has 1 atom stereocenters. The molecule has 1 aromatic carbocycles. The van der Waals surface area contributed by atoms with Gasteiger partial charge in [0.15, 0.2) is 0 Å². The van der Waals surface area contributed by atoms with Gasteiger partial charge >= 0.3 is 0 Å². The van der Waals surface area contributed by atoms with Crippen LogP contribution in [0.1, 0.15) is 6.42 Å². The van der Waals surface area contributed by atoms with Gasteiger partial charge in [0.25, 0.3) is 0 Å². The second kappa shape index (κ2) is 4.29. The maximum absolute atomic E-state index is 6.17. The van der Waals surface area contributed by atoms with E-state index in [0.717, 1.165) is 36.0 Å². The van der Waals surface area contributed by atoms with E-state index in [1.54, 1.807) is 7.11 Å². The van der Waals surface area contributed by atoms with E-state index in [1.165, 1.54) is 0 Å². The van der Waals surface area contributed by atoms with Crippen molar-refractivity contribution in [2.75, 3.05) is 25.1 Å². The number of benzene rings is 1. The molecule has 2 N–H and O–H groups in total. The first-order chi connectivity index (χ1) is 7.20. The van der Waals surface area contributed by atoms with Crippen LogP contribution in [0.3, 0.4) is 0 Å². The van der Waals surface area contributed by atoms with Crippen molar-refractivity contribution in [2.45, 2.75) is 12.5 Å². The van der Waals surface area contributed by atoms with Gasteiger partial charge in [0.1, 0.15) is 5.75 Å². The predicted octanol–water partition coefficient (Wildman–Crippen LogP) is 1.89. The van der Waals surface area contributed by atoms with Crippen LogP contribution in [0.5, 0.6) is 5.75 Å². The van der Waals surface area contributed by atoms with Crippen LogP contribution in [0.25, 0.3) is 0 Å². The van der Waals surface area contributed by atoms with E-state index in [4.69, 9.17) is 22.1 Å². The third-order valence-electron chi connectivity index (χ3n) is 2.72. The van der Waals surface area contributed by atoms with Gasteiger partial charge in [0, 0.05) is 25.2 Å². The van der Waals surface area contributed by atoms with Crippen LogP contribution in [0.2, 0.25) is 5.02 Å². The Kier molecular flexibility index (Phi) is 3.03. The lowest BCUT2D eigenvalue weighted by Crippen LogP contribution is -2.26. The summed E-state index contributed by atoms with van der Waals surface area (Å²) in [4.78, 5) is 2.21. The molecule has 15 heavy (non-hydrogen) atoms. The smallest absolute Gasteiger partial charge is 0.120 e. The van der Waals surface area contributed by atoms with Gasteiger partial charge in [-0.15, -0.1) is 0 Å². The van der Waals surface area contributed by atoms with Gasteiger partial charge in [0.05, 0.1) is 17.8 Å². The molecule has 0 amide bonds. The number of methoxy groups -OCH3 is 1. The van der Waals surface area contributed by atoms with Crippen molar-refractivity contribution in [3.05, 3.63) is 23.2 Å². The number of ether oxygens (including phenoxy) is 1.